The van der Waals surface area contributed by atoms with E-state index < -0.39 is 0 Å². The zero-order chi connectivity index (χ0) is 13.3. The molecule has 0 spiro atoms. The van der Waals surface area contributed by atoms with Crippen LogP contribution in [0.15, 0.2) is 24.3 Å². The Morgan fingerprint density at radius 3 is 2.21 bits per heavy atom. The van der Waals surface area contributed by atoms with Crippen LogP contribution in [-0.4, -0.2) is 19.3 Å². The molecule has 2 aliphatic rings. The van der Waals surface area contributed by atoms with E-state index in [1.165, 1.54) is 43.2 Å². The van der Waals surface area contributed by atoms with Gasteiger partial charge < -0.3 is 10.5 Å². The van der Waals surface area contributed by atoms with Gasteiger partial charge in [-0.3, -0.25) is 0 Å². The monoisotopic (exact) mass is 259 g/mol. The Hall–Kier alpha value is -0.860. The molecule has 1 unspecified atom stereocenters. The van der Waals surface area contributed by atoms with Crippen LogP contribution in [0.4, 0.5) is 0 Å². The average molecular weight is 259 g/mol. The molecule has 0 aromatic heterocycles. The number of hydrogen-bond acceptors (Lipinski definition) is 2. The maximum absolute atomic E-state index is 6.17. The molecule has 0 bridgehead atoms. The van der Waals surface area contributed by atoms with E-state index in [0.29, 0.717) is 0 Å². The SMILES string of the molecule is CC(N)C1(c2ccc(C3CCCCC3)cc2)COC1. The maximum atomic E-state index is 6.17. The van der Waals surface area contributed by atoms with E-state index in [9.17, 15) is 0 Å². The molecule has 2 heteroatoms. The van der Waals surface area contributed by atoms with E-state index in [2.05, 4.69) is 31.2 Å². The van der Waals surface area contributed by atoms with E-state index in [1.54, 1.807) is 0 Å². The largest absolute Gasteiger partial charge is 0.379 e. The molecule has 19 heavy (non-hydrogen) atoms. The summed E-state index contributed by atoms with van der Waals surface area (Å²) in [4.78, 5) is 0. The van der Waals surface area contributed by atoms with Crippen molar-refractivity contribution < 1.29 is 4.74 Å². The highest BCUT2D eigenvalue weighted by Crippen LogP contribution is 2.37. The molecule has 1 aromatic carbocycles. The van der Waals surface area contributed by atoms with Crippen LogP contribution in [0.25, 0.3) is 0 Å². The van der Waals surface area contributed by atoms with Gasteiger partial charge in [0.15, 0.2) is 0 Å². The average Bonchev–Trinajstić information content (AvgIpc) is 2.39. The Morgan fingerprint density at radius 1 is 1.11 bits per heavy atom. The molecule has 1 aliphatic carbocycles. The molecule has 104 valence electrons. The number of hydrogen-bond donors (Lipinski definition) is 1. The third-order valence-electron chi connectivity index (χ3n) is 5.15. The molecule has 0 amide bonds. The molecule has 2 fully saturated rings. The van der Waals surface area contributed by atoms with Gasteiger partial charge >= 0.3 is 0 Å². The summed E-state index contributed by atoms with van der Waals surface area (Å²) < 4.78 is 5.42. The number of nitrogens with two attached hydrogens (primary N) is 1. The van der Waals surface area contributed by atoms with Crippen LogP contribution in [0.5, 0.6) is 0 Å². The molecule has 3 rings (SSSR count). The summed E-state index contributed by atoms with van der Waals surface area (Å²) >= 11 is 0. The lowest BCUT2D eigenvalue weighted by atomic mass is 9.72. The van der Waals surface area contributed by atoms with Crippen LogP contribution in [0.2, 0.25) is 0 Å². The van der Waals surface area contributed by atoms with Crippen molar-refractivity contribution in [3.63, 3.8) is 0 Å². The maximum Gasteiger partial charge on any atom is 0.0600 e. The quantitative estimate of drug-likeness (QED) is 0.903. The number of ether oxygens (including phenoxy) is 1. The Kier molecular flexibility index (Phi) is 3.64. The molecule has 1 saturated heterocycles. The standard InChI is InChI=1S/C17H25NO/c1-13(18)17(11-19-12-17)16-9-7-15(8-10-16)14-5-3-2-4-6-14/h7-10,13-14H,2-6,11-12,18H2,1H3. The predicted octanol–water partition coefficient (Wildman–Crippen LogP) is 3.35. The van der Waals surface area contributed by atoms with Crippen molar-refractivity contribution in [1.29, 1.82) is 0 Å². The second-order valence-corrected chi connectivity index (χ2v) is 6.39. The zero-order valence-corrected chi connectivity index (χ0v) is 11.9. The lowest BCUT2D eigenvalue weighted by molar-refractivity contribution is -0.0701. The normalized spacial score (nSPS) is 24.7. The lowest BCUT2D eigenvalue weighted by Gasteiger charge is -2.45. The summed E-state index contributed by atoms with van der Waals surface area (Å²) in [5.41, 5.74) is 9.10. The Bertz CT molecular complexity index is 413. The molecule has 0 radical (unpaired) electrons. The van der Waals surface area contributed by atoms with E-state index >= 15 is 0 Å². The second-order valence-electron chi connectivity index (χ2n) is 6.39. The summed E-state index contributed by atoms with van der Waals surface area (Å²) in [5, 5.41) is 0. The first-order chi connectivity index (χ1) is 9.22. The first kappa shape index (κ1) is 13.1. The lowest BCUT2D eigenvalue weighted by Crippen LogP contribution is -2.57. The molecule has 2 nitrogen and oxygen atoms in total. The van der Waals surface area contributed by atoms with Crippen molar-refractivity contribution in [3.8, 4) is 0 Å². The fraction of sp³-hybridized carbons (Fsp3) is 0.647. The topological polar surface area (TPSA) is 35.2 Å². The van der Waals surface area contributed by atoms with Gasteiger partial charge in [0.1, 0.15) is 0 Å². The Balaban J connectivity index is 1.78. The first-order valence-electron chi connectivity index (χ1n) is 7.66. The Morgan fingerprint density at radius 2 is 1.74 bits per heavy atom. The molecule has 1 aromatic rings. The third kappa shape index (κ3) is 2.32. The van der Waals surface area contributed by atoms with Crippen LogP contribution in [0.1, 0.15) is 56.1 Å². The number of benzene rings is 1. The highest BCUT2D eigenvalue weighted by molar-refractivity contribution is 5.34. The van der Waals surface area contributed by atoms with Crippen LogP contribution >= 0.6 is 0 Å². The van der Waals surface area contributed by atoms with Crippen molar-refractivity contribution in [2.45, 2.75) is 56.4 Å². The smallest absolute Gasteiger partial charge is 0.0600 e. The first-order valence-corrected chi connectivity index (χ1v) is 7.66. The van der Waals surface area contributed by atoms with Crippen LogP contribution < -0.4 is 5.73 Å². The minimum absolute atomic E-state index is 0.0606. The summed E-state index contributed by atoms with van der Waals surface area (Å²) in [6.45, 7) is 3.64. The van der Waals surface area contributed by atoms with Gasteiger partial charge in [-0.15, -0.1) is 0 Å². The molecule has 1 aliphatic heterocycles. The van der Waals surface area contributed by atoms with Crippen molar-refractivity contribution in [2.24, 2.45) is 5.73 Å². The van der Waals surface area contributed by atoms with E-state index in [0.717, 1.165) is 19.1 Å². The van der Waals surface area contributed by atoms with Gasteiger partial charge in [-0.25, -0.2) is 0 Å². The molecule has 2 N–H and O–H groups in total. The van der Waals surface area contributed by atoms with Gasteiger partial charge in [0.25, 0.3) is 0 Å². The fourth-order valence-electron chi connectivity index (χ4n) is 3.54. The van der Waals surface area contributed by atoms with Gasteiger partial charge in [-0.1, -0.05) is 43.5 Å². The van der Waals surface area contributed by atoms with E-state index in [1.807, 2.05) is 0 Å². The van der Waals surface area contributed by atoms with Gasteiger partial charge in [-0.2, -0.15) is 0 Å². The van der Waals surface area contributed by atoms with Crippen molar-refractivity contribution in [1.82, 2.24) is 0 Å². The van der Waals surface area contributed by atoms with Gasteiger partial charge in [0, 0.05) is 6.04 Å². The van der Waals surface area contributed by atoms with Crippen molar-refractivity contribution in [3.05, 3.63) is 35.4 Å². The van der Waals surface area contributed by atoms with E-state index in [4.69, 9.17) is 10.5 Å². The minimum atomic E-state index is 0.0606. The fourth-order valence-corrected chi connectivity index (χ4v) is 3.54. The summed E-state index contributed by atoms with van der Waals surface area (Å²) in [6.07, 6.45) is 6.93. The second kappa shape index (κ2) is 5.26. The summed E-state index contributed by atoms with van der Waals surface area (Å²) in [7, 11) is 0. The summed E-state index contributed by atoms with van der Waals surface area (Å²) in [6, 6.07) is 9.38. The van der Waals surface area contributed by atoms with Crippen LogP contribution in [0, 0.1) is 0 Å². The van der Waals surface area contributed by atoms with Gasteiger partial charge in [0.05, 0.1) is 18.6 Å². The Labute approximate surface area is 116 Å². The van der Waals surface area contributed by atoms with Crippen molar-refractivity contribution in [2.75, 3.05) is 13.2 Å². The van der Waals surface area contributed by atoms with Gasteiger partial charge in [0.2, 0.25) is 0 Å². The van der Waals surface area contributed by atoms with Crippen LogP contribution in [0.3, 0.4) is 0 Å². The molecule has 1 atom stereocenters. The molecular weight excluding hydrogens is 234 g/mol. The van der Waals surface area contributed by atoms with Gasteiger partial charge in [-0.05, 0) is 36.8 Å². The molecule has 1 saturated carbocycles. The third-order valence-corrected chi connectivity index (χ3v) is 5.15. The molecule has 1 heterocycles. The minimum Gasteiger partial charge on any atom is -0.379 e. The highest BCUT2D eigenvalue weighted by Gasteiger charge is 2.43. The van der Waals surface area contributed by atoms with E-state index in [-0.39, 0.29) is 11.5 Å². The van der Waals surface area contributed by atoms with Crippen LogP contribution in [-0.2, 0) is 10.2 Å². The molecular formula is C17H25NO. The number of rotatable bonds is 3. The predicted molar refractivity (Wildman–Crippen MR) is 78.4 cm³/mol. The van der Waals surface area contributed by atoms with Crippen molar-refractivity contribution >= 4 is 0 Å². The highest BCUT2D eigenvalue weighted by atomic mass is 16.5. The zero-order valence-electron chi connectivity index (χ0n) is 11.9. The summed E-state index contributed by atoms with van der Waals surface area (Å²) in [5.74, 6) is 0.784.